The van der Waals surface area contributed by atoms with Crippen molar-refractivity contribution in [2.45, 2.75) is 12.5 Å². The number of hydrogen-bond donors (Lipinski definition) is 1. The van der Waals surface area contributed by atoms with E-state index in [4.69, 9.17) is 4.74 Å². The zero-order chi connectivity index (χ0) is 12.3. The van der Waals surface area contributed by atoms with Crippen LogP contribution in [0.2, 0.25) is 0 Å². The van der Waals surface area contributed by atoms with Gasteiger partial charge in [0.2, 0.25) is 5.60 Å². The number of aliphatic hydroxyl groups is 1. The molecule has 0 atom stereocenters. The van der Waals surface area contributed by atoms with Gasteiger partial charge in [-0.05, 0) is 29.8 Å². The molecule has 1 N–H and O–H groups in total. The normalized spacial score (nSPS) is 11.4. The van der Waals surface area contributed by atoms with Crippen molar-refractivity contribution in [3.63, 3.8) is 0 Å². The summed E-state index contributed by atoms with van der Waals surface area (Å²) in [5.41, 5.74) is -1.67. The smallest absolute Gasteiger partial charge is 0.349 e. The van der Waals surface area contributed by atoms with Crippen molar-refractivity contribution in [1.29, 1.82) is 0 Å². The van der Waals surface area contributed by atoms with Gasteiger partial charge >= 0.3 is 5.97 Å². The van der Waals surface area contributed by atoms with Gasteiger partial charge in [0.05, 0.1) is 16.4 Å². The summed E-state index contributed by atoms with van der Waals surface area (Å²) in [7, 11) is 0. The molecule has 2 aromatic rings. The highest BCUT2D eigenvalue weighted by atomic mass is 32.1. The van der Waals surface area contributed by atoms with Gasteiger partial charge in [-0.3, -0.25) is 0 Å². The summed E-state index contributed by atoms with van der Waals surface area (Å²) in [5.74, 6) is -0.620. The van der Waals surface area contributed by atoms with Crippen molar-refractivity contribution >= 4 is 28.6 Å². The first kappa shape index (κ1) is 12.3. The van der Waals surface area contributed by atoms with E-state index in [-0.39, 0.29) is 6.61 Å². The molecule has 0 unspecified atom stereocenters. The molecule has 2 rings (SSSR count). The Morgan fingerprint density at radius 1 is 1.29 bits per heavy atom. The van der Waals surface area contributed by atoms with Gasteiger partial charge in [0.15, 0.2) is 0 Å². The fourth-order valence-electron chi connectivity index (χ4n) is 1.53. The lowest BCUT2D eigenvalue weighted by molar-refractivity contribution is -0.161. The molecule has 0 aliphatic carbocycles. The average Bonchev–Trinajstić information content (AvgIpc) is 3.01. The SMILES string of the molecule is CCOC(=O)C(O)(c1cccs1)c1cccs1. The van der Waals surface area contributed by atoms with Gasteiger partial charge < -0.3 is 9.84 Å². The predicted molar refractivity (Wildman–Crippen MR) is 68.3 cm³/mol. The molecule has 0 fully saturated rings. The number of ether oxygens (including phenoxy) is 1. The molecule has 0 aliphatic rings. The molecular weight excluding hydrogens is 256 g/mol. The lowest BCUT2D eigenvalue weighted by Gasteiger charge is -2.23. The topological polar surface area (TPSA) is 46.5 Å². The van der Waals surface area contributed by atoms with E-state index in [0.29, 0.717) is 9.75 Å². The second-order valence-corrected chi connectivity index (χ2v) is 5.28. The predicted octanol–water partition coefficient (Wildman–Crippen LogP) is 2.61. The number of hydrogen-bond acceptors (Lipinski definition) is 5. The van der Waals surface area contributed by atoms with Crippen LogP contribution in [0.4, 0.5) is 0 Å². The molecule has 2 aromatic heterocycles. The van der Waals surface area contributed by atoms with Gasteiger partial charge in [-0.1, -0.05) is 12.1 Å². The molecule has 0 saturated heterocycles. The minimum atomic E-state index is -1.67. The van der Waals surface area contributed by atoms with Gasteiger partial charge in [0, 0.05) is 0 Å². The Balaban J connectivity index is 2.47. The average molecular weight is 268 g/mol. The van der Waals surface area contributed by atoms with Gasteiger partial charge in [-0.15, -0.1) is 22.7 Å². The van der Waals surface area contributed by atoms with Crippen LogP contribution in [-0.4, -0.2) is 17.7 Å². The largest absolute Gasteiger partial charge is 0.463 e. The Labute approximate surface area is 107 Å². The quantitative estimate of drug-likeness (QED) is 0.867. The molecule has 17 heavy (non-hydrogen) atoms. The van der Waals surface area contributed by atoms with Crippen molar-refractivity contribution in [2.75, 3.05) is 6.61 Å². The third-order valence-electron chi connectivity index (χ3n) is 2.33. The molecule has 0 spiro atoms. The van der Waals surface area contributed by atoms with Crippen molar-refractivity contribution in [3.05, 3.63) is 44.8 Å². The summed E-state index contributed by atoms with van der Waals surface area (Å²) in [6.45, 7) is 1.97. The summed E-state index contributed by atoms with van der Waals surface area (Å²) in [4.78, 5) is 13.2. The maximum atomic E-state index is 12.0. The number of esters is 1. The van der Waals surface area contributed by atoms with E-state index in [1.807, 2.05) is 10.8 Å². The van der Waals surface area contributed by atoms with E-state index in [2.05, 4.69) is 0 Å². The number of carbonyl (C=O) groups excluding carboxylic acids is 1. The van der Waals surface area contributed by atoms with Crippen LogP contribution in [0.15, 0.2) is 35.0 Å². The first-order valence-corrected chi connectivity index (χ1v) is 6.93. The molecule has 3 nitrogen and oxygen atoms in total. The van der Waals surface area contributed by atoms with E-state index in [1.54, 1.807) is 31.2 Å². The maximum Gasteiger partial charge on any atom is 0.349 e. The lowest BCUT2D eigenvalue weighted by atomic mass is 10.0. The number of rotatable bonds is 4. The monoisotopic (exact) mass is 268 g/mol. The van der Waals surface area contributed by atoms with E-state index in [1.165, 1.54) is 22.7 Å². The zero-order valence-corrected chi connectivity index (χ0v) is 10.9. The minimum Gasteiger partial charge on any atom is -0.463 e. The fraction of sp³-hybridized carbons (Fsp3) is 0.250. The van der Waals surface area contributed by atoms with Crippen molar-refractivity contribution < 1.29 is 14.6 Å². The summed E-state index contributed by atoms with van der Waals surface area (Å²) >= 11 is 2.68. The molecule has 90 valence electrons. The summed E-state index contributed by atoms with van der Waals surface area (Å²) in [6, 6.07) is 7.08. The molecule has 2 heterocycles. The molecule has 0 radical (unpaired) electrons. The summed E-state index contributed by atoms with van der Waals surface area (Å²) in [6.07, 6.45) is 0. The Bertz CT molecular complexity index is 440. The Kier molecular flexibility index (Phi) is 3.61. The lowest BCUT2D eigenvalue weighted by Crippen LogP contribution is -2.37. The van der Waals surface area contributed by atoms with Crippen molar-refractivity contribution in [2.24, 2.45) is 0 Å². The van der Waals surface area contributed by atoms with Crippen LogP contribution in [0.1, 0.15) is 16.7 Å². The van der Waals surface area contributed by atoms with Crippen LogP contribution in [0.3, 0.4) is 0 Å². The minimum absolute atomic E-state index is 0.248. The highest BCUT2D eigenvalue weighted by Gasteiger charge is 2.43. The molecular formula is C12H12O3S2. The van der Waals surface area contributed by atoms with Crippen molar-refractivity contribution in [1.82, 2.24) is 0 Å². The van der Waals surface area contributed by atoms with E-state index < -0.39 is 11.6 Å². The third-order valence-corrected chi connectivity index (χ3v) is 4.28. The molecule has 0 aromatic carbocycles. The zero-order valence-electron chi connectivity index (χ0n) is 9.25. The summed E-state index contributed by atoms with van der Waals surface area (Å²) < 4.78 is 4.98. The Morgan fingerprint density at radius 2 is 1.82 bits per heavy atom. The second-order valence-electron chi connectivity index (χ2n) is 3.39. The van der Waals surface area contributed by atoms with E-state index in [9.17, 15) is 9.90 Å². The number of thiophene rings is 2. The van der Waals surface area contributed by atoms with Gasteiger partial charge in [-0.2, -0.15) is 0 Å². The fourth-order valence-corrected chi connectivity index (χ4v) is 3.24. The van der Waals surface area contributed by atoms with Gasteiger partial charge in [0.25, 0.3) is 0 Å². The molecule has 0 bridgehead atoms. The van der Waals surface area contributed by atoms with Crippen LogP contribution in [-0.2, 0) is 15.1 Å². The van der Waals surface area contributed by atoms with E-state index in [0.717, 1.165) is 0 Å². The van der Waals surface area contributed by atoms with Crippen LogP contribution in [0.5, 0.6) is 0 Å². The highest BCUT2D eigenvalue weighted by Crippen LogP contribution is 2.36. The molecule has 0 saturated carbocycles. The standard InChI is InChI=1S/C12H12O3S2/c1-2-15-11(13)12(14,9-5-3-7-16-9)10-6-4-8-17-10/h3-8,14H,2H2,1H3. The van der Waals surface area contributed by atoms with Gasteiger partial charge in [0.1, 0.15) is 0 Å². The van der Waals surface area contributed by atoms with Crippen LogP contribution in [0, 0.1) is 0 Å². The first-order chi connectivity index (χ1) is 8.19. The van der Waals surface area contributed by atoms with Crippen LogP contribution < -0.4 is 0 Å². The Morgan fingerprint density at radius 3 is 2.18 bits per heavy atom. The molecule has 5 heteroatoms. The van der Waals surface area contributed by atoms with Crippen LogP contribution in [0.25, 0.3) is 0 Å². The third kappa shape index (κ3) is 2.13. The number of carbonyl (C=O) groups is 1. The Hall–Kier alpha value is -1.17. The molecule has 0 amide bonds. The second kappa shape index (κ2) is 5.00. The highest BCUT2D eigenvalue weighted by molar-refractivity contribution is 7.12. The summed E-state index contributed by atoms with van der Waals surface area (Å²) in [5, 5.41) is 14.3. The van der Waals surface area contributed by atoms with Crippen LogP contribution >= 0.6 is 22.7 Å². The maximum absolute atomic E-state index is 12.0. The van der Waals surface area contributed by atoms with Gasteiger partial charge in [-0.25, -0.2) is 4.79 Å². The molecule has 0 aliphatic heterocycles. The first-order valence-electron chi connectivity index (χ1n) is 5.17. The van der Waals surface area contributed by atoms with Crippen molar-refractivity contribution in [3.8, 4) is 0 Å². The van der Waals surface area contributed by atoms with E-state index >= 15 is 0 Å².